The fourth-order valence-corrected chi connectivity index (χ4v) is 5.54. The zero-order chi connectivity index (χ0) is 30.5. The van der Waals surface area contributed by atoms with E-state index < -0.39 is 12.2 Å². The maximum Gasteiger partial charge on any atom is 0.412 e. The number of unbranched alkanes of at least 4 members (excludes halogenated alkanes) is 1. The van der Waals surface area contributed by atoms with E-state index in [1.165, 1.54) is 18.5 Å². The molecule has 2 aromatic heterocycles. The van der Waals surface area contributed by atoms with Gasteiger partial charge in [-0.25, -0.2) is 14.2 Å². The summed E-state index contributed by atoms with van der Waals surface area (Å²) in [6.07, 6.45) is 7.16. The van der Waals surface area contributed by atoms with Crippen molar-refractivity contribution in [2.45, 2.75) is 57.7 Å². The molecule has 2 heterocycles. The number of fused-ring (bicyclic) bond motifs is 1. The van der Waals surface area contributed by atoms with E-state index in [1.807, 2.05) is 35.0 Å². The lowest BCUT2D eigenvalue weighted by atomic mass is 9.92. The molecular weight excluding hydrogens is 559 g/mol. The minimum absolute atomic E-state index is 0.299. The van der Waals surface area contributed by atoms with E-state index in [0.717, 1.165) is 66.6 Å². The molecule has 0 bridgehead atoms. The third kappa shape index (κ3) is 6.27. The lowest BCUT2D eigenvalue weighted by Crippen LogP contribution is -2.18. The van der Waals surface area contributed by atoms with Crippen molar-refractivity contribution >= 4 is 22.7 Å². The van der Waals surface area contributed by atoms with E-state index >= 15 is 0 Å². The third-order valence-corrected chi connectivity index (χ3v) is 8.07. The van der Waals surface area contributed by atoms with E-state index in [1.54, 1.807) is 37.5 Å². The number of aryl methyl sites for hydroxylation is 1. The number of amides is 1. The first kappa shape index (κ1) is 28.9. The summed E-state index contributed by atoms with van der Waals surface area (Å²) >= 11 is 0. The zero-order valence-corrected chi connectivity index (χ0v) is 24.4. The molecule has 44 heavy (non-hydrogen) atoms. The maximum absolute atomic E-state index is 13.2. The van der Waals surface area contributed by atoms with Crippen molar-refractivity contribution in [1.82, 2.24) is 19.3 Å². The van der Waals surface area contributed by atoms with Crippen LogP contribution in [0.3, 0.4) is 0 Å². The van der Waals surface area contributed by atoms with Gasteiger partial charge in [0.05, 0.1) is 23.4 Å². The number of hydrogen-bond donors (Lipinski definition) is 1. The summed E-state index contributed by atoms with van der Waals surface area (Å²) in [6.45, 7) is 3.12. The standard InChI is InChI=1S/C34H33FN6O3/c1-23(24-7-11-26(35)12-8-24)44-34(42)39-27-13-9-25(10-14-27)33-31(20-36)30-16-15-29(19-32(30)41(33)28-5-4-6-28)43-18-3-2-17-40-22-37-21-38-40/h7-16,19,21-23,28H,2-6,17-18H2,1H3,(H,39,42). The monoisotopic (exact) mass is 592 g/mol. The molecular formula is C34H33FN6O3. The average molecular weight is 593 g/mol. The van der Waals surface area contributed by atoms with Crippen molar-refractivity contribution in [1.29, 1.82) is 5.26 Å². The van der Waals surface area contributed by atoms with E-state index in [0.29, 0.717) is 29.5 Å². The number of carbonyl (C=O) groups is 1. The second-order valence-electron chi connectivity index (χ2n) is 11.0. The van der Waals surface area contributed by atoms with E-state index in [9.17, 15) is 14.4 Å². The highest BCUT2D eigenvalue weighted by atomic mass is 19.1. The number of nitrogens with one attached hydrogen (secondary N) is 1. The molecule has 224 valence electrons. The minimum Gasteiger partial charge on any atom is -0.494 e. The fourth-order valence-electron chi connectivity index (χ4n) is 5.54. The maximum atomic E-state index is 13.2. The van der Waals surface area contributed by atoms with Gasteiger partial charge >= 0.3 is 6.09 Å². The quantitative estimate of drug-likeness (QED) is 0.157. The molecule has 0 radical (unpaired) electrons. The van der Waals surface area contributed by atoms with E-state index in [4.69, 9.17) is 9.47 Å². The van der Waals surface area contributed by atoms with Crippen LogP contribution in [0.15, 0.2) is 79.4 Å². The van der Waals surface area contributed by atoms with Crippen LogP contribution in [0.4, 0.5) is 14.9 Å². The van der Waals surface area contributed by atoms with Crippen LogP contribution >= 0.6 is 0 Å². The van der Waals surface area contributed by atoms with Crippen LogP contribution in [0.2, 0.25) is 0 Å². The van der Waals surface area contributed by atoms with Crippen molar-refractivity contribution in [3.63, 3.8) is 0 Å². The SMILES string of the molecule is CC(OC(=O)Nc1ccc(-c2c(C#N)c3ccc(OCCCCn4cncn4)cc3n2C2CCC2)cc1)c1ccc(F)cc1. The summed E-state index contributed by atoms with van der Waals surface area (Å²) in [4.78, 5) is 16.5. The molecule has 6 rings (SSSR count). The number of carbonyl (C=O) groups excluding carboxylic acids is 1. The summed E-state index contributed by atoms with van der Waals surface area (Å²) < 4.78 is 28.9. The van der Waals surface area contributed by atoms with Gasteiger partial charge in [0.2, 0.25) is 0 Å². The largest absolute Gasteiger partial charge is 0.494 e. The Morgan fingerprint density at radius 1 is 1.11 bits per heavy atom. The molecule has 9 nitrogen and oxygen atoms in total. The van der Waals surface area contributed by atoms with Gasteiger partial charge in [0.15, 0.2) is 0 Å². The number of hydrogen-bond acceptors (Lipinski definition) is 6. The average Bonchev–Trinajstić information content (AvgIpc) is 3.63. The van der Waals surface area contributed by atoms with Crippen LogP contribution in [0.1, 0.15) is 62.3 Å². The Kier molecular flexibility index (Phi) is 8.55. The molecule has 1 atom stereocenters. The fraction of sp³-hybridized carbons (Fsp3) is 0.294. The Hall–Kier alpha value is -5.17. The highest BCUT2D eigenvalue weighted by molar-refractivity contribution is 5.96. The second-order valence-corrected chi connectivity index (χ2v) is 11.0. The number of benzene rings is 3. The molecule has 1 saturated carbocycles. The number of nitrogens with zero attached hydrogens (tertiary/aromatic N) is 5. The van der Waals surface area contributed by atoms with Crippen LogP contribution in [-0.2, 0) is 11.3 Å². The molecule has 10 heteroatoms. The Morgan fingerprint density at radius 2 is 1.91 bits per heavy atom. The molecule has 1 aliphatic carbocycles. The molecule has 1 aliphatic rings. The molecule has 1 N–H and O–H groups in total. The van der Waals surface area contributed by atoms with Crippen molar-refractivity contribution < 1.29 is 18.7 Å². The molecule has 0 spiro atoms. The van der Waals surface area contributed by atoms with Gasteiger partial charge in [0, 0.05) is 29.7 Å². The van der Waals surface area contributed by atoms with Gasteiger partial charge in [-0.3, -0.25) is 10.00 Å². The molecule has 1 fully saturated rings. The number of ether oxygens (including phenoxy) is 2. The van der Waals surface area contributed by atoms with Crippen LogP contribution in [0.5, 0.6) is 5.75 Å². The summed E-state index contributed by atoms with van der Waals surface area (Å²) in [5, 5.41) is 18.1. The number of halogens is 1. The van der Waals surface area contributed by atoms with Crippen LogP contribution in [0.25, 0.3) is 22.2 Å². The van der Waals surface area contributed by atoms with Gasteiger partial charge in [-0.05, 0) is 86.6 Å². The highest BCUT2D eigenvalue weighted by Gasteiger charge is 2.28. The van der Waals surface area contributed by atoms with Gasteiger partial charge < -0.3 is 14.0 Å². The molecule has 5 aromatic rings. The molecule has 3 aromatic carbocycles. The predicted molar refractivity (Wildman–Crippen MR) is 165 cm³/mol. The van der Waals surface area contributed by atoms with Gasteiger partial charge in [-0.2, -0.15) is 10.4 Å². The summed E-state index contributed by atoms with van der Waals surface area (Å²) in [7, 11) is 0. The van der Waals surface area contributed by atoms with E-state index in [2.05, 4.69) is 26.0 Å². The number of anilines is 1. The van der Waals surface area contributed by atoms with Gasteiger partial charge in [0.1, 0.15) is 36.4 Å². The summed E-state index contributed by atoms with van der Waals surface area (Å²) in [5.74, 6) is 0.432. The summed E-state index contributed by atoms with van der Waals surface area (Å²) in [5.41, 5.74) is 4.63. The third-order valence-electron chi connectivity index (χ3n) is 8.07. The lowest BCUT2D eigenvalue weighted by molar-refractivity contribution is 0.121. The van der Waals surface area contributed by atoms with Gasteiger partial charge in [0.25, 0.3) is 0 Å². The lowest BCUT2D eigenvalue weighted by Gasteiger charge is -2.30. The first-order chi connectivity index (χ1) is 21.5. The van der Waals surface area contributed by atoms with Crippen molar-refractivity contribution in [2.24, 2.45) is 0 Å². The van der Waals surface area contributed by atoms with Gasteiger partial charge in [-0.1, -0.05) is 24.3 Å². The second kappa shape index (κ2) is 13.0. The topological polar surface area (TPSA) is 107 Å². The molecule has 1 amide bonds. The summed E-state index contributed by atoms with van der Waals surface area (Å²) in [6, 6.07) is 22.0. The minimum atomic E-state index is -0.609. The Bertz CT molecular complexity index is 1770. The first-order valence-corrected chi connectivity index (χ1v) is 14.9. The van der Waals surface area contributed by atoms with Crippen LogP contribution in [-0.4, -0.2) is 32.0 Å². The van der Waals surface area contributed by atoms with Crippen molar-refractivity contribution in [2.75, 3.05) is 11.9 Å². The molecule has 0 saturated heterocycles. The Labute approximate surface area is 254 Å². The normalized spacial score (nSPS) is 13.7. The Morgan fingerprint density at radius 3 is 2.59 bits per heavy atom. The van der Waals surface area contributed by atoms with Crippen molar-refractivity contribution in [3.05, 3.63) is 96.3 Å². The first-order valence-electron chi connectivity index (χ1n) is 14.9. The number of aromatic nitrogens is 4. The Balaban J connectivity index is 1.18. The van der Waals surface area contributed by atoms with E-state index in [-0.39, 0.29) is 5.82 Å². The van der Waals surface area contributed by atoms with Crippen LogP contribution in [0, 0.1) is 17.1 Å². The van der Waals surface area contributed by atoms with Crippen molar-refractivity contribution in [3.8, 4) is 23.1 Å². The number of rotatable bonds is 11. The predicted octanol–water partition coefficient (Wildman–Crippen LogP) is 7.80. The highest BCUT2D eigenvalue weighted by Crippen LogP contribution is 2.43. The van der Waals surface area contributed by atoms with Crippen LogP contribution < -0.4 is 10.1 Å². The zero-order valence-electron chi connectivity index (χ0n) is 24.4. The number of nitriles is 1. The molecule has 1 unspecified atom stereocenters. The van der Waals surface area contributed by atoms with Gasteiger partial charge in [-0.15, -0.1) is 0 Å². The molecule has 0 aliphatic heterocycles. The smallest absolute Gasteiger partial charge is 0.412 e.